The Labute approximate surface area is 249 Å². The van der Waals surface area contributed by atoms with Crippen molar-refractivity contribution in [3.8, 4) is 11.1 Å². The molecule has 3 amide bonds. The Hall–Kier alpha value is -4.85. The number of nitrogens with zero attached hydrogens (tertiary/aromatic N) is 1. The number of halogens is 2. The van der Waals surface area contributed by atoms with Crippen molar-refractivity contribution in [2.75, 3.05) is 11.4 Å². The third-order valence-electron chi connectivity index (χ3n) is 7.55. The molecule has 0 fully saturated rings. The maximum absolute atomic E-state index is 14.2. The van der Waals surface area contributed by atoms with Crippen molar-refractivity contribution >= 4 is 23.4 Å². The summed E-state index contributed by atoms with van der Waals surface area (Å²) in [6.07, 6.45) is 2.24. The highest BCUT2D eigenvalue weighted by atomic mass is 19.1. The van der Waals surface area contributed by atoms with Crippen molar-refractivity contribution in [3.05, 3.63) is 125 Å². The van der Waals surface area contributed by atoms with Gasteiger partial charge in [0.25, 0.3) is 5.91 Å². The first kappa shape index (κ1) is 29.6. The highest BCUT2D eigenvalue weighted by Gasteiger charge is 2.35. The molecule has 2 atom stereocenters. The number of carbonyl (C=O) groups excluding carboxylic acids is 3. The van der Waals surface area contributed by atoms with Gasteiger partial charge in [0.1, 0.15) is 23.7 Å². The fraction of sp³-hybridized carbons (Fsp3) is 0.229. The minimum absolute atomic E-state index is 0.149. The predicted octanol–water partition coefficient (Wildman–Crippen LogP) is 5.91. The van der Waals surface area contributed by atoms with Gasteiger partial charge in [0.2, 0.25) is 11.8 Å². The van der Waals surface area contributed by atoms with E-state index >= 15 is 0 Å². The lowest BCUT2D eigenvalue weighted by Gasteiger charge is -2.27. The Kier molecular flexibility index (Phi) is 9.25. The molecule has 6 nitrogen and oxygen atoms in total. The molecule has 0 spiro atoms. The van der Waals surface area contributed by atoms with E-state index in [2.05, 4.69) is 22.8 Å². The van der Waals surface area contributed by atoms with Crippen LogP contribution in [0.15, 0.2) is 97.1 Å². The monoisotopic (exact) mass is 581 g/mol. The van der Waals surface area contributed by atoms with Gasteiger partial charge in [-0.15, -0.1) is 0 Å². The molecule has 0 saturated heterocycles. The number of fused-ring (bicyclic) bond motifs is 3. The van der Waals surface area contributed by atoms with Crippen LogP contribution in [-0.2, 0) is 27.2 Å². The number of carbonyl (C=O) groups is 3. The van der Waals surface area contributed by atoms with Crippen molar-refractivity contribution < 1.29 is 23.2 Å². The van der Waals surface area contributed by atoms with Gasteiger partial charge >= 0.3 is 0 Å². The fourth-order valence-corrected chi connectivity index (χ4v) is 5.48. The summed E-state index contributed by atoms with van der Waals surface area (Å²) in [5.74, 6) is -2.97. The number of unbranched alkanes of at least 4 members (excludes halogenated alkanes) is 1. The van der Waals surface area contributed by atoms with Crippen LogP contribution in [0.1, 0.15) is 42.5 Å². The van der Waals surface area contributed by atoms with E-state index in [0.717, 1.165) is 54.3 Å². The highest BCUT2D eigenvalue weighted by Crippen LogP contribution is 2.40. The van der Waals surface area contributed by atoms with Crippen molar-refractivity contribution in [3.63, 3.8) is 0 Å². The molecular formula is C35H33F2N3O3. The average Bonchev–Trinajstić information content (AvgIpc) is 3.08. The van der Waals surface area contributed by atoms with Crippen LogP contribution in [-0.4, -0.2) is 30.3 Å². The molecule has 1 heterocycles. The minimum atomic E-state index is -1.00. The first-order chi connectivity index (χ1) is 20.8. The number of nitrogens with one attached hydrogen (secondary N) is 2. The van der Waals surface area contributed by atoms with Gasteiger partial charge in [0, 0.05) is 18.2 Å². The Bertz CT molecular complexity index is 1610. The molecule has 0 radical (unpaired) electrons. The van der Waals surface area contributed by atoms with Crippen LogP contribution in [0, 0.1) is 11.6 Å². The van der Waals surface area contributed by atoms with E-state index in [1.807, 2.05) is 66.7 Å². The lowest BCUT2D eigenvalue weighted by atomic mass is 9.95. The predicted molar refractivity (Wildman–Crippen MR) is 162 cm³/mol. The molecule has 0 bridgehead atoms. The molecule has 0 saturated carbocycles. The Morgan fingerprint density at radius 1 is 0.814 bits per heavy atom. The zero-order valence-electron chi connectivity index (χ0n) is 23.9. The largest absolute Gasteiger partial charge is 0.344 e. The standard InChI is InChI=1S/C35H33F2N3O3/c1-23(38-32(41)21-25-19-26(36)22-27(37)20-25)34(42)39-33-30-16-6-5-14-28(30)29-15-7-8-17-31(29)40(35(33)43)18-10-9-13-24-11-3-2-4-12-24/h2-8,11-12,14-17,19-20,22-23,33H,9-10,13,18,21H2,1H3,(H,38,41)(H,39,42)/t23-,33?/m0/s1. The molecule has 4 aromatic carbocycles. The van der Waals surface area contributed by atoms with Crippen LogP contribution in [0.4, 0.5) is 14.5 Å². The second-order valence-corrected chi connectivity index (χ2v) is 10.7. The third-order valence-corrected chi connectivity index (χ3v) is 7.55. The van der Waals surface area contributed by atoms with E-state index in [1.54, 1.807) is 4.90 Å². The summed E-state index contributed by atoms with van der Waals surface area (Å²) in [6.45, 7) is 1.97. The molecule has 2 N–H and O–H groups in total. The van der Waals surface area contributed by atoms with Gasteiger partial charge in [-0.1, -0.05) is 72.8 Å². The maximum atomic E-state index is 14.2. The Morgan fingerprint density at radius 2 is 1.47 bits per heavy atom. The summed E-state index contributed by atoms with van der Waals surface area (Å²) in [6, 6.07) is 26.3. The van der Waals surface area contributed by atoms with Crippen LogP contribution < -0.4 is 15.5 Å². The number of benzene rings is 4. The van der Waals surface area contributed by atoms with E-state index in [4.69, 9.17) is 0 Å². The van der Waals surface area contributed by atoms with E-state index in [1.165, 1.54) is 12.5 Å². The lowest BCUT2D eigenvalue weighted by Crippen LogP contribution is -2.50. The van der Waals surface area contributed by atoms with Gasteiger partial charge in [-0.25, -0.2) is 8.78 Å². The number of hydrogen-bond acceptors (Lipinski definition) is 3. The van der Waals surface area contributed by atoms with Crippen molar-refractivity contribution in [1.29, 1.82) is 0 Å². The van der Waals surface area contributed by atoms with Crippen LogP contribution in [0.3, 0.4) is 0 Å². The molecule has 0 aromatic heterocycles. The number of aryl methyl sites for hydroxylation is 1. The molecule has 220 valence electrons. The number of hydrogen-bond donors (Lipinski definition) is 2. The summed E-state index contributed by atoms with van der Waals surface area (Å²) in [5, 5.41) is 5.44. The first-order valence-electron chi connectivity index (χ1n) is 14.4. The van der Waals surface area contributed by atoms with Gasteiger partial charge in [-0.05, 0) is 66.6 Å². The van der Waals surface area contributed by atoms with Crippen molar-refractivity contribution in [2.45, 2.75) is 44.7 Å². The maximum Gasteiger partial charge on any atom is 0.254 e. The van der Waals surface area contributed by atoms with Gasteiger partial charge in [0.15, 0.2) is 0 Å². The van der Waals surface area contributed by atoms with Crippen molar-refractivity contribution in [1.82, 2.24) is 10.6 Å². The molecular weight excluding hydrogens is 548 g/mol. The van der Waals surface area contributed by atoms with Gasteiger partial charge in [-0.2, -0.15) is 0 Å². The van der Waals surface area contributed by atoms with Crippen LogP contribution in [0.2, 0.25) is 0 Å². The highest BCUT2D eigenvalue weighted by molar-refractivity contribution is 6.06. The molecule has 4 aromatic rings. The van der Waals surface area contributed by atoms with Gasteiger partial charge < -0.3 is 15.5 Å². The number of amides is 3. The minimum Gasteiger partial charge on any atom is -0.344 e. The Balaban J connectivity index is 1.33. The van der Waals surface area contributed by atoms with E-state index in [9.17, 15) is 23.2 Å². The molecule has 1 unspecified atom stereocenters. The second kappa shape index (κ2) is 13.4. The van der Waals surface area contributed by atoms with E-state index in [-0.39, 0.29) is 17.9 Å². The molecule has 5 rings (SSSR count). The number of para-hydroxylation sites is 1. The molecule has 43 heavy (non-hydrogen) atoms. The summed E-state index contributed by atoms with van der Waals surface area (Å²) in [5.41, 5.74) is 4.56. The number of rotatable bonds is 10. The Morgan fingerprint density at radius 3 is 2.21 bits per heavy atom. The molecule has 0 aliphatic carbocycles. The van der Waals surface area contributed by atoms with E-state index in [0.29, 0.717) is 12.1 Å². The topological polar surface area (TPSA) is 78.5 Å². The van der Waals surface area contributed by atoms with Gasteiger partial charge in [0.05, 0.1) is 12.1 Å². The molecule has 1 aliphatic heterocycles. The quantitative estimate of drug-likeness (QED) is 0.229. The molecule has 8 heteroatoms. The third kappa shape index (κ3) is 7.15. The average molecular weight is 582 g/mol. The van der Waals surface area contributed by atoms with Gasteiger partial charge in [-0.3, -0.25) is 14.4 Å². The first-order valence-corrected chi connectivity index (χ1v) is 14.4. The summed E-state index contributed by atoms with van der Waals surface area (Å²) in [4.78, 5) is 41.9. The second-order valence-electron chi connectivity index (χ2n) is 10.7. The van der Waals surface area contributed by atoms with Crippen LogP contribution >= 0.6 is 0 Å². The van der Waals surface area contributed by atoms with Crippen LogP contribution in [0.5, 0.6) is 0 Å². The van der Waals surface area contributed by atoms with Crippen molar-refractivity contribution in [2.24, 2.45) is 0 Å². The SMILES string of the molecule is C[C@H](NC(=O)Cc1cc(F)cc(F)c1)C(=O)NC1C(=O)N(CCCCc2ccccc2)c2ccccc2-c2ccccc21. The lowest BCUT2D eigenvalue weighted by molar-refractivity contribution is -0.131. The summed E-state index contributed by atoms with van der Waals surface area (Å²) < 4.78 is 27.1. The normalized spacial score (nSPS) is 14.7. The fourth-order valence-electron chi connectivity index (χ4n) is 5.48. The van der Waals surface area contributed by atoms with Crippen LogP contribution in [0.25, 0.3) is 11.1 Å². The number of anilines is 1. The summed E-state index contributed by atoms with van der Waals surface area (Å²) >= 11 is 0. The summed E-state index contributed by atoms with van der Waals surface area (Å²) in [7, 11) is 0. The zero-order chi connectivity index (χ0) is 30.3. The van der Waals surface area contributed by atoms with E-state index < -0.39 is 35.5 Å². The zero-order valence-corrected chi connectivity index (χ0v) is 23.9. The smallest absolute Gasteiger partial charge is 0.254 e. The molecule has 1 aliphatic rings.